The van der Waals surface area contributed by atoms with E-state index in [1.807, 2.05) is 32.9 Å². The van der Waals surface area contributed by atoms with Gasteiger partial charge in [-0.3, -0.25) is 9.79 Å². The van der Waals surface area contributed by atoms with Crippen LogP contribution in [0.3, 0.4) is 0 Å². The number of hydrogen-bond acceptors (Lipinski definition) is 5. The van der Waals surface area contributed by atoms with Crippen molar-refractivity contribution in [3.05, 3.63) is 17.7 Å². The molecule has 1 aromatic rings. The molecule has 6 nitrogen and oxygen atoms in total. The maximum absolute atomic E-state index is 11.9. The molecule has 0 saturated heterocycles. The normalized spacial score (nSPS) is 19.4. The third-order valence-electron chi connectivity index (χ3n) is 3.65. The van der Waals surface area contributed by atoms with Crippen molar-refractivity contribution < 1.29 is 4.79 Å². The van der Waals surface area contributed by atoms with Crippen LogP contribution in [0.5, 0.6) is 0 Å². The summed E-state index contributed by atoms with van der Waals surface area (Å²) in [5.74, 6) is 0.777. The summed E-state index contributed by atoms with van der Waals surface area (Å²) in [5.41, 5.74) is 3.21. The van der Waals surface area contributed by atoms with Gasteiger partial charge in [0, 0.05) is 12.2 Å². The number of carbonyl (C=O) groups is 1. The fourth-order valence-corrected chi connectivity index (χ4v) is 2.37. The molecule has 0 unspecified atom stereocenters. The minimum atomic E-state index is -0.612. The molecule has 3 rings (SSSR count). The van der Waals surface area contributed by atoms with Crippen molar-refractivity contribution in [3.8, 4) is 0 Å². The molecule has 20 heavy (non-hydrogen) atoms. The van der Waals surface area contributed by atoms with E-state index in [1.54, 1.807) is 0 Å². The van der Waals surface area contributed by atoms with E-state index in [-0.39, 0.29) is 5.91 Å². The highest BCUT2D eigenvalue weighted by Crippen LogP contribution is 2.37. The summed E-state index contributed by atoms with van der Waals surface area (Å²) in [5, 5.41) is 12.7. The largest absolute Gasteiger partial charge is 0.370 e. The molecule has 0 radical (unpaired) electrons. The van der Waals surface area contributed by atoms with Gasteiger partial charge < -0.3 is 21.3 Å². The zero-order chi connectivity index (χ0) is 14.3. The molecule has 0 saturated carbocycles. The number of guanidine groups is 1. The Morgan fingerprint density at radius 1 is 1.35 bits per heavy atom. The Morgan fingerprint density at radius 3 is 2.85 bits per heavy atom. The molecule has 2 aliphatic heterocycles. The summed E-state index contributed by atoms with van der Waals surface area (Å²) in [6, 6.07) is 3.86. The summed E-state index contributed by atoms with van der Waals surface area (Å²) in [4.78, 5) is 16.3. The number of aliphatic imine (C=N–C) groups is 1. The molecule has 0 fully saturated rings. The predicted molar refractivity (Wildman–Crippen MR) is 81.4 cm³/mol. The van der Waals surface area contributed by atoms with Crippen LogP contribution in [-0.2, 0) is 4.79 Å². The van der Waals surface area contributed by atoms with E-state index in [9.17, 15) is 4.79 Å². The summed E-state index contributed by atoms with van der Waals surface area (Å²) in [6.07, 6.45) is 0. The fraction of sp³-hybridized carbons (Fsp3) is 0.429. The number of fused-ring (bicyclic) bond motifs is 1. The smallest absolute Gasteiger partial charge is 0.249 e. The second-order valence-corrected chi connectivity index (χ2v) is 5.65. The average molecular weight is 273 g/mol. The van der Waals surface area contributed by atoms with Gasteiger partial charge in [0.1, 0.15) is 5.54 Å². The van der Waals surface area contributed by atoms with E-state index in [2.05, 4.69) is 26.3 Å². The lowest BCUT2D eigenvalue weighted by Crippen LogP contribution is -2.47. The van der Waals surface area contributed by atoms with Crippen LogP contribution in [0.4, 0.5) is 17.1 Å². The summed E-state index contributed by atoms with van der Waals surface area (Å²) in [7, 11) is 0. The van der Waals surface area contributed by atoms with Crippen molar-refractivity contribution in [2.24, 2.45) is 4.99 Å². The van der Waals surface area contributed by atoms with Crippen LogP contribution >= 0.6 is 0 Å². The Bertz CT molecular complexity index is 606. The molecule has 0 atom stereocenters. The monoisotopic (exact) mass is 273 g/mol. The Morgan fingerprint density at radius 2 is 2.15 bits per heavy atom. The molecular weight excluding hydrogens is 254 g/mol. The van der Waals surface area contributed by atoms with Crippen molar-refractivity contribution in [2.45, 2.75) is 26.3 Å². The highest BCUT2D eigenvalue weighted by Gasteiger charge is 2.33. The first kappa shape index (κ1) is 12.8. The Hall–Kier alpha value is -2.24. The summed E-state index contributed by atoms with van der Waals surface area (Å²) < 4.78 is 0. The van der Waals surface area contributed by atoms with Gasteiger partial charge in [0.25, 0.3) is 0 Å². The minimum absolute atomic E-state index is 0.0213. The summed E-state index contributed by atoms with van der Waals surface area (Å²) in [6.45, 7) is 7.43. The number of carbonyl (C=O) groups excluding carboxylic acids is 1. The first-order valence-electron chi connectivity index (χ1n) is 6.76. The lowest BCUT2D eigenvalue weighted by molar-refractivity contribution is -0.119. The van der Waals surface area contributed by atoms with Gasteiger partial charge in [0.15, 0.2) is 5.96 Å². The number of amides is 1. The first-order valence-corrected chi connectivity index (χ1v) is 6.76. The van der Waals surface area contributed by atoms with Crippen LogP contribution in [-0.4, -0.2) is 30.5 Å². The molecule has 6 heteroatoms. The van der Waals surface area contributed by atoms with Crippen molar-refractivity contribution in [3.63, 3.8) is 0 Å². The molecule has 2 aliphatic rings. The lowest BCUT2D eigenvalue weighted by Gasteiger charge is -2.34. The van der Waals surface area contributed by atoms with E-state index in [1.165, 1.54) is 0 Å². The van der Waals surface area contributed by atoms with Gasteiger partial charge in [-0.1, -0.05) is 0 Å². The van der Waals surface area contributed by atoms with Crippen LogP contribution in [0.15, 0.2) is 17.1 Å². The number of anilines is 3. The average Bonchev–Trinajstić information content (AvgIpc) is 2.88. The highest BCUT2D eigenvalue weighted by molar-refractivity contribution is 6.07. The number of nitrogens with one attached hydrogen (secondary N) is 4. The molecule has 1 amide bonds. The second-order valence-electron chi connectivity index (χ2n) is 5.65. The Balaban J connectivity index is 1.94. The lowest BCUT2D eigenvalue weighted by atomic mass is 9.97. The quantitative estimate of drug-likeness (QED) is 0.625. The Labute approximate surface area is 118 Å². The topological polar surface area (TPSA) is 77.6 Å². The predicted octanol–water partition coefficient (Wildman–Crippen LogP) is 1.51. The van der Waals surface area contributed by atoms with Gasteiger partial charge >= 0.3 is 0 Å². The molecular formula is C14H19N5O. The SMILES string of the molecule is Cc1c(NC2=NCCN2)ccc2c1NC(C)(C)C(=O)N2. The van der Waals surface area contributed by atoms with Crippen molar-refractivity contribution in [2.75, 3.05) is 29.0 Å². The van der Waals surface area contributed by atoms with Crippen LogP contribution in [0.2, 0.25) is 0 Å². The highest BCUT2D eigenvalue weighted by atomic mass is 16.2. The van der Waals surface area contributed by atoms with Gasteiger partial charge in [-0.15, -0.1) is 0 Å². The number of rotatable bonds is 1. The molecule has 4 N–H and O–H groups in total. The second kappa shape index (κ2) is 4.40. The van der Waals surface area contributed by atoms with Crippen LogP contribution in [0.1, 0.15) is 19.4 Å². The molecule has 0 spiro atoms. The minimum Gasteiger partial charge on any atom is -0.370 e. The van der Waals surface area contributed by atoms with Crippen molar-refractivity contribution in [1.29, 1.82) is 0 Å². The van der Waals surface area contributed by atoms with Gasteiger partial charge in [0.05, 0.1) is 17.9 Å². The number of hydrogen-bond donors (Lipinski definition) is 4. The maximum Gasteiger partial charge on any atom is 0.249 e. The molecule has 2 heterocycles. The van der Waals surface area contributed by atoms with E-state index in [4.69, 9.17) is 0 Å². The Kier molecular flexibility index (Phi) is 2.81. The standard InChI is InChI=1S/C14H19N5O/c1-8-9(18-13-15-6-7-16-13)4-5-10-11(8)19-14(2,3)12(20)17-10/h4-5,19H,6-7H2,1-3H3,(H,17,20)(H2,15,16,18). The molecule has 106 valence electrons. The van der Waals surface area contributed by atoms with Crippen molar-refractivity contribution >= 4 is 28.9 Å². The molecule has 1 aromatic carbocycles. The third kappa shape index (κ3) is 2.07. The van der Waals surface area contributed by atoms with Gasteiger partial charge in [-0.2, -0.15) is 0 Å². The summed E-state index contributed by atoms with van der Waals surface area (Å²) >= 11 is 0. The molecule has 0 bridgehead atoms. The third-order valence-corrected chi connectivity index (χ3v) is 3.65. The molecule has 0 aliphatic carbocycles. The zero-order valence-electron chi connectivity index (χ0n) is 11.9. The van der Waals surface area contributed by atoms with E-state index < -0.39 is 5.54 Å². The maximum atomic E-state index is 11.9. The molecule has 0 aromatic heterocycles. The van der Waals surface area contributed by atoms with E-state index in [0.717, 1.165) is 41.7 Å². The fourth-order valence-electron chi connectivity index (χ4n) is 2.37. The van der Waals surface area contributed by atoms with Gasteiger partial charge in [-0.25, -0.2) is 0 Å². The first-order chi connectivity index (χ1) is 9.47. The van der Waals surface area contributed by atoms with Gasteiger partial charge in [-0.05, 0) is 38.5 Å². The van der Waals surface area contributed by atoms with Crippen LogP contribution in [0, 0.1) is 6.92 Å². The van der Waals surface area contributed by atoms with E-state index >= 15 is 0 Å². The van der Waals surface area contributed by atoms with Crippen LogP contribution in [0.25, 0.3) is 0 Å². The van der Waals surface area contributed by atoms with Crippen molar-refractivity contribution in [1.82, 2.24) is 5.32 Å². The van der Waals surface area contributed by atoms with E-state index in [0.29, 0.717) is 0 Å². The van der Waals surface area contributed by atoms with Crippen LogP contribution < -0.4 is 21.3 Å². The van der Waals surface area contributed by atoms with Gasteiger partial charge in [0.2, 0.25) is 5.91 Å². The zero-order valence-corrected chi connectivity index (χ0v) is 11.9. The number of nitrogens with zero attached hydrogens (tertiary/aromatic N) is 1. The number of benzene rings is 1.